The van der Waals surface area contributed by atoms with Gasteiger partial charge in [0.15, 0.2) is 14.1 Å². The van der Waals surface area contributed by atoms with Crippen molar-refractivity contribution in [1.82, 2.24) is 4.83 Å². The summed E-state index contributed by atoms with van der Waals surface area (Å²) in [5.41, 5.74) is 4.26. The molecule has 1 aliphatic heterocycles. The summed E-state index contributed by atoms with van der Waals surface area (Å²) in [6, 6.07) is 15.8. The van der Waals surface area contributed by atoms with Crippen molar-refractivity contribution in [1.29, 1.82) is 0 Å². The molecule has 0 aromatic heterocycles. The molecule has 2 aliphatic carbocycles. The smallest absolute Gasteiger partial charge is 0.276 e. The van der Waals surface area contributed by atoms with Crippen molar-refractivity contribution in [3.63, 3.8) is 0 Å². The Kier molecular flexibility index (Phi) is 10.6. The van der Waals surface area contributed by atoms with E-state index in [1.54, 1.807) is 24.3 Å². The highest BCUT2D eigenvalue weighted by atomic mass is 32.2. The first-order valence-electron chi connectivity index (χ1n) is 17.6. The molecule has 0 bridgehead atoms. The Bertz CT molecular complexity index is 1500. The summed E-state index contributed by atoms with van der Waals surface area (Å²) in [6.45, 7) is 21.4. The topological polar surface area (TPSA) is 86.2 Å². The second-order valence-corrected chi connectivity index (χ2v) is 23.1. The van der Waals surface area contributed by atoms with Crippen molar-refractivity contribution in [3.8, 4) is 0 Å². The number of hydrogen-bond donors (Lipinski definition) is 1. The average Bonchev–Trinajstić information content (AvgIpc) is 3.51. The van der Waals surface area contributed by atoms with Crippen LogP contribution in [-0.2, 0) is 23.9 Å². The van der Waals surface area contributed by atoms with E-state index in [-0.39, 0.29) is 33.3 Å². The molecule has 0 amide bonds. The molecule has 1 saturated heterocycles. The maximum atomic E-state index is 13.2. The minimum absolute atomic E-state index is 0.000782. The number of benzene rings is 2. The van der Waals surface area contributed by atoms with Gasteiger partial charge in [0, 0.05) is 29.9 Å². The second-order valence-electron chi connectivity index (χ2n) is 16.7. The molecular formula is C38H58N2O5SSi. The summed E-state index contributed by atoms with van der Waals surface area (Å²) in [4.78, 5) is 2.80. The van der Waals surface area contributed by atoms with Crippen LogP contribution < -0.4 is 4.83 Å². The zero-order valence-corrected chi connectivity index (χ0v) is 32.0. The Morgan fingerprint density at radius 2 is 1.64 bits per heavy atom. The molecule has 2 aromatic rings. The molecule has 3 fully saturated rings. The number of sulfonamides is 1. The number of ether oxygens (including phenoxy) is 2. The lowest BCUT2D eigenvalue weighted by Gasteiger charge is -2.42. The number of aryl methyl sites for hydroxylation is 1. The SMILES string of the molecule is CCCCC[C@H](O[Si](C)(C)C(C)(C)C)c1ccc([C@H]2/C(=N/NS(=O)(=O)c3ccc(C)cc3)C[C@@H]3CC4(C[C@@H]32)OCC(C)(C)CO4)cc1. The number of unbranched alkanes of at least 4 members (excludes halogenated alkanes) is 2. The molecule has 4 atom stereocenters. The number of fused-ring (bicyclic) bond motifs is 1. The van der Waals surface area contributed by atoms with Gasteiger partial charge in [-0.25, -0.2) is 4.83 Å². The van der Waals surface area contributed by atoms with E-state index in [1.165, 1.54) is 18.4 Å². The van der Waals surface area contributed by atoms with E-state index in [1.807, 2.05) is 6.92 Å². The van der Waals surface area contributed by atoms with Crippen molar-refractivity contribution in [2.75, 3.05) is 13.2 Å². The van der Waals surface area contributed by atoms with E-state index < -0.39 is 24.1 Å². The van der Waals surface area contributed by atoms with Gasteiger partial charge in [-0.1, -0.05) is 103 Å². The van der Waals surface area contributed by atoms with Crippen LogP contribution in [0.1, 0.15) is 115 Å². The van der Waals surface area contributed by atoms with Gasteiger partial charge in [-0.05, 0) is 73.0 Å². The highest BCUT2D eigenvalue weighted by molar-refractivity contribution is 7.89. The summed E-state index contributed by atoms with van der Waals surface area (Å²) < 4.78 is 46.4. The summed E-state index contributed by atoms with van der Waals surface area (Å²) in [7, 11) is -5.78. The predicted octanol–water partition coefficient (Wildman–Crippen LogP) is 9.26. The molecule has 1 N–H and O–H groups in total. The van der Waals surface area contributed by atoms with E-state index in [2.05, 4.69) is 88.8 Å². The molecule has 0 unspecified atom stereocenters. The third-order valence-electron chi connectivity index (χ3n) is 11.1. The maximum absolute atomic E-state index is 13.2. The van der Waals surface area contributed by atoms with Gasteiger partial charge in [0.1, 0.15) is 0 Å². The van der Waals surface area contributed by atoms with Crippen LogP contribution >= 0.6 is 0 Å². The first-order valence-corrected chi connectivity index (χ1v) is 22.0. The van der Waals surface area contributed by atoms with Crippen LogP contribution in [0.3, 0.4) is 0 Å². The molecule has 260 valence electrons. The van der Waals surface area contributed by atoms with Crippen LogP contribution in [0.5, 0.6) is 0 Å². The zero-order valence-electron chi connectivity index (χ0n) is 30.2. The Labute approximate surface area is 285 Å². The molecule has 1 heterocycles. The summed E-state index contributed by atoms with van der Waals surface area (Å²) in [5, 5.41) is 4.78. The van der Waals surface area contributed by atoms with Crippen molar-refractivity contribution in [3.05, 3.63) is 65.2 Å². The first kappa shape index (κ1) is 36.2. The summed E-state index contributed by atoms with van der Waals surface area (Å²) in [6.07, 6.45) is 6.86. The molecule has 1 spiro atoms. The predicted molar refractivity (Wildman–Crippen MR) is 193 cm³/mol. The van der Waals surface area contributed by atoms with E-state index in [9.17, 15) is 8.42 Å². The highest BCUT2D eigenvalue weighted by Gasteiger charge is 2.57. The van der Waals surface area contributed by atoms with E-state index in [4.69, 9.17) is 13.9 Å². The van der Waals surface area contributed by atoms with Crippen LogP contribution in [0.2, 0.25) is 18.1 Å². The molecule has 2 saturated carbocycles. The van der Waals surface area contributed by atoms with Crippen LogP contribution in [0.15, 0.2) is 58.5 Å². The van der Waals surface area contributed by atoms with Gasteiger partial charge in [0.25, 0.3) is 10.0 Å². The van der Waals surface area contributed by atoms with Crippen LogP contribution in [0.4, 0.5) is 0 Å². The Hall–Kier alpha value is -2.04. The van der Waals surface area contributed by atoms with Gasteiger partial charge in [-0.2, -0.15) is 13.5 Å². The molecule has 3 aliphatic rings. The van der Waals surface area contributed by atoms with Crippen molar-refractivity contribution < 1.29 is 22.3 Å². The first-order chi connectivity index (χ1) is 21.9. The minimum atomic E-state index is -3.79. The average molecular weight is 683 g/mol. The van der Waals surface area contributed by atoms with Crippen LogP contribution in [0.25, 0.3) is 0 Å². The van der Waals surface area contributed by atoms with Gasteiger partial charge in [-0.3, -0.25) is 0 Å². The molecule has 9 heteroatoms. The summed E-state index contributed by atoms with van der Waals surface area (Å²) >= 11 is 0. The van der Waals surface area contributed by atoms with Gasteiger partial charge in [-0.15, -0.1) is 0 Å². The lowest BCUT2D eigenvalue weighted by molar-refractivity contribution is -0.297. The molecule has 7 nitrogen and oxygen atoms in total. The molecular weight excluding hydrogens is 625 g/mol. The maximum Gasteiger partial charge on any atom is 0.276 e. The monoisotopic (exact) mass is 682 g/mol. The fourth-order valence-corrected chi connectivity index (χ4v) is 9.31. The standard InChI is InChI=1S/C38H58N2O5SSi/c1-10-11-12-13-34(45-47(8,9)36(3,4)5)28-16-18-29(19-17-28)35-32-24-38(43-25-37(6,7)26-44-38)23-30(32)22-33(35)39-40-46(41,42)31-20-14-27(2)15-21-31/h14-21,30,32,34-35,40H,10-13,22-26H2,1-9H3/b39-33+/t30-,32+,34+,35-/m1/s1. The van der Waals surface area contributed by atoms with Crippen molar-refractivity contribution in [2.45, 2.75) is 134 Å². The third kappa shape index (κ3) is 8.23. The lowest BCUT2D eigenvalue weighted by Crippen LogP contribution is -2.46. The van der Waals surface area contributed by atoms with E-state index in [0.717, 1.165) is 42.5 Å². The quantitative estimate of drug-likeness (QED) is 0.145. The third-order valence-corrected chi connectivity index (χ3v) is 16.8. The molecule has 2 aromatic carbocycles. The fourth-order valence-electron chi connectivity index (χ4n) is 7.16. The largest absolute Gasteiger partial charge is 0.410 e. The lowest BCUT2D eigenvalue weighted by atomic mass is 9.84. The Balaban J connectivity index is 1.44. The van der Waals surface area contributed by atoms with E-state index in [0.29, 0.717) is 25.6 Å². The molecule has 0 radical (unpaired) electrons. The molecule has 47 heavy (non-hydrogen) atoms. The van der Waals surface area contributed by atoms with Crippen molar-refractivity contribution >= 4 is 24.1 Å². The second kappa shape index (κ2) is 13.7. The Morgan fingerprint density at radius 1 is 1.00 bits per heavy atom. The summed E-state index contributed by atoms with van der Waals surface area (Å²) in [5.74, 6) is -0.0611. The zero-order chi connectivity index (χ0) is 34.3. The molecule has 5 rings (SSSR count). The highest BCUT2D eigenvalue weighted by Crippen LogP contribution is 2.57. The van der Waals surface area contributed by atoms with Gasteiger partial charge in [0.2, 0.25) is 0 Å². The van der Waals surface area contributed by atoms with E-state index >= 15 is 0 Å². The van der Waals surface area contributed by atoms with Gasteiger partial charge in [0.05, 0.1) is 24.2 Å². The van der Waals surface area contributed by atoms with Crippen LogP contribution in [0, 0.1) is 24.2 Å². The van der Waals surface area contributed by atoms with Crippen LogP contribution in [-0.4, -0.2) is 41.4 Å². The van der Waals surface area contributed by atoms with Gasteiger partial charge < -0.3 is 13.9 Å². The Morgan fingerprint density at radius 3 is 2.23 bits per heavy atom. The number of hydrazone groups is 1. The number of rotatable bonds is 11. The fraction of sp³-hybridized carbons (Fsp3) is 0.658. The number of hydrogen-bond acceptors (Lipinski definition) is 6. The number of nitrogens with one attached hydrogen (secondary N) is 1. The van der Waals surface area contributed by atoms with Crippen molar-refractivity contribution in [2.24, 2.45) is 22.4 Å². The normalized spacial score (nSPS) is 25.6. The minimum Gasteiger partial charge on any atom is -0.410 e. The van der Waals surface area contributed by atoms with Gasteiger partial charge >= 0.3 is 0 Å². The number of nitrogens with zero attached hydrogens (tertiary/aromatic N) is 1.